The average molecular weight is 340 g/mol. The molecule has 4 rings (SSSR count). The van der Waals surface area contributed by atoms with Crippen LogP contribution >= 0.6 is 11.3 Å². The Morgan fingerprint density at radius 2 is 2.00 bits per heavy atom. The summed E-state index contributed by atoms with van der Waals surface area (Å²) in [5.74, 6) is -0.0384. The first-order valence-electron chi connectivity index (χ1n) is 8.43. The Kier molecular flexibility index (Phi) is 3.88. The van der Waals surface area contributed by atoms with E-state index < -0.39 is 6.04 Å². The van der Waals surface area contributed by atoms with E-state index >= 15 is 0 Å². The van der Waals surface area contributed by atoms with Crippen LogP contribution in [0, 0.1) is 0 Å². The highest BCUT2D eigenvalue weighted by Crippen LogP contribution is 2.29. The highest BCUT2D eigenvalue weighted by Gasteiger charge is 2.35. The summed E-state index contributed by atoms with van der Waals surface area (Å²) in [6, 6.07) is 9.61. The number of hydrogen-bond donors (Lipinski definition) is 0. The highest BCUT2D eigenvalue weighted by atomic mass is 32.1. The first kappa shape index (κ1) is 15.4. The van der Waals surface area contributed by atoms with Crippen LogP contribution in [0.3, 0.4) is 0 Å². The van der Waals surface area contributed by atoms with Gasteiger partial charge < -0.3 is 9.80 Å². The molecule has 2 aromatic rings. The number of carbonyl (C=O) groups excluding carboxylic acids is 2. The van der Waals surface area contributed by atoms with Gasteiger partial charge in [-0.3, -0.25) is 9.59 Å². The number of carbonyl (C=O) groups is 2. The molecule has 0 spiro atoms. The lowest BCUT2D eigenvalue weighted by Gasteiger charge is -2.39. The fraction of sp³-hybridized carbons (Fsp3) is 0.368. The van der Waals surface area contributed by atoms with Gasteiger partial charge in [0, 0.05) is 18.8 Å². The normalized spacial score (nSPS) is 20.4. The molecular formula is C19H20N2O2S. The van der Waals surface area contributed by atoms with E-state index in [-0.39, 0.29) is 11.8 Å². The van der Waals surface area contributed by atoms with Crippen molar-refractivity contribution in [3.63, 3.8) is 0 Å². The molecule has 2 heterocycles. The molecule has 1 aromatic carbocycles. The number of nitrogens with zero attached hydrogens (tertiary/aromatic N) is 2. The lowest BCUT2D eigenvalue weighted by Crippen LogP contribution is -2.57. The third-order valence-electron chi connectivity index (χ3n) is 5.04. The molecule has 1 aromatic heterocycles. The molecule has 1 aliphatic carbocycles. The average Bonchev–Trinajstić information content (AvgIpc) is 3.27. The van der Waals surface area contributed by atoms with Gasteiger partial charge in [-0.15, -0.1) is 11.3 Å². The largest absolute Gasteiger partial charge is 0.324 e. The van der Waals surface area contributed by atoms with Crippen molar-refractivity contribution in [1.82, 2.24) is 4.90 Å². The van der Waals surface area contributed by atoms with Crippen LogP contribution in [0.2, 0.25) is 0 Å². The predicted molar refractivity (Wildman–Crippen MR) is 95.6 cm³/mol. The lowest BCUT2D eigenvalue weighted by atomic mass is 10.1. The molecule has 2 amide bonds. The molecule has 2 aliphatic rings. The van der Waals surface area contributed by atoms with Crippen molar-refractivity contribution >= 4 is 28.8 Å². The van der Waals surface area contributed by atoms with Crippen molar-refractivity contribution in [3.05, 3.63) is 51.7 Å². The zero-order valence-electron chi connectivity index (χ0n) is 13.7. The minimum absolute atomic E-state index is 0.00380. The monoisotopic (exact) mass is 340 g/mol. The van der Waals surface area contributed by atoms with E-state index in [9.17, 15) is 9.59 Å². The van der Waals surface area contributed by atoms with E-state index in [0.29, 0.717) is 18.0 Å². The van der Waals surface area contributed by atoms with Gasteiger partial charge in [0.1, 0.15) is 6.04 Å². The minimum atomic E-state index is -0.429. The summed E-state index contributed by atoms with van der Waals surface area (Å²) in [5, 5.41) is 1.89. The Hall–Kier alpha value is -2.14. The third-order valence-corrected chi connectivity index (χ3v) is 5.90. The van der Waals surface area contributed by atoms with Gasteiger partial charge >= 0.3 is 0 Å². The van der Waals surface area contributed by atoms with E-state index in [1.165, 1.54) is 28.9 Å². The zero-order valence-corrected chi connectivity index (χ0v) is 14.5. The van der Waals surface area contributed by atoms with E-state index in [1.807, 2.05) is 35.4 Å². The van der Waals surface area contributed by atoms with Crippen LogP contribution < -0.4 is 4.90 Å². The summed E-state index contributed by atoms with van der Waals surface area (Å²) in [6.07, 6.45) is 3.44. The van der Waals surface area contributed by atoms with Gasteiger partial charge in [0.25, 0.3) is 5.91 Å². The van der Waals surface area contributed by atoms with E-state index in [0.717, 1.165) is 18.5 Å². The zero-order chi connectivity index (χ0) is 16.7. The van der Waals surface area contributed by atoms with Gasteiger partial charge in [0.2, 0.25) is 5.91 Å². The number of amides is 2. The van der Waals surface area contributed by atoms with Gasteiger partial charge in [0.15, 0.2) is 0 Å². The molecule has 1 atom stereocenters. The van der Waals surface area contributed by atoms with Crippen LogP contribution in [-0.2, 0) is 17.6 Å². The second kappa shape index (κ2) is 6.06. The van der Waals surface area contributed by atoms with E-state index in [4.69, 9.17) is 0 Å². The number of benzene rings is 1. The maximum Gasteiger partial charge on any atom is 0.264 e. The van der Waals surface area contributed by atoms with Crippen molar-refractivity contribution in [2.75, 3.05) is 18.0 Å². The second-order valence-corrected chi connectivity index (χ2v) is 7.40. The fourth-order valence-corrected chi connectivity index (χ4v) is 4.35. The molecule has 0 saturated carbocycles. The standard InChI is InChI=1S/C19H20N2O2S/c1-13-18(22)21(16-8-7-14-4-2-5-15(14)12-16)10-9-20(13)19(23)17-6-3-11-24-17/h3,6-8,11-13H,2,4-5,9-10H2,1H3. The molecule has 5 heteroatoms. The maximum absolute atomic E-state index is 12.8. The van der Waals surface area contributed by atoms with Crippen LogP contribution in [0.5, 0.6) is 0 Å². The smallest absolute Gasteiger partial charge is 0.264 e. The quantitative estimate of drug-likeness (QED) is 0.843. The molecule has 0 radical (unpaired) electrons. The molecule has 24 heavy (non-hydrogen) atoms. The summed E-state index contributed by atoms with van der Waals surface area (Å²) in [6.45, 7) is 2.95. The molecule has 0 bridgehead atoms. The molecule has 1 unspecified atom stereocenters. The van der Waals surface area contributed by atoms with Crippen LogP contribution in [0.1, 0.15) is 34.1 Å². The number of aryl methyl sites for hydroxylation is 2. The van der Waals surface area contributed by atoms with Gasteiger partial charge in [-0.05, 0) is 60.9 Å². The number of anilines is 1. The summed E-state index contributed by atoms with van der Waals surface area (Å²) >= 11 is 1.42. The molecule has 1 aliphatic heterocycles. The second-order valence-electron chi connectivity index (χ2n) is 6.45. The first-order valence-corrected chi connectivity index (χ1v) is 9.31. The highest BCUT2D eigenvalue weighted by molar-refractivity contribution is 7.12. The fourth-order valence-electron chi connectivity index (χ4n) is 3.67. The van der Waals surface area contributed by atoms with E-state index in [1.54, 1.807) is 4.90 Å². The summed E-state index contributed by atoms with van der Waals surface area (Å²) in [5.41, 5.74) is 3.74. The Morgan fingerprint density at radius 1 is 1.17 bits per heavy atom. The van der Waals surface area contributed by atoms with Crippen LogP contribution in [0.15, 0.2) is 35.7 Å². The predicted octanol–water partition coefficient (Wildman–Crippen LogP) is 3.11. The number of rotatable bonds is 2. The number of piperazine rings is 1. The Morgan fingerprint density at radius 3 is 2.79 bits per heavy atom. The van der Waals surface area contributed by atoms with Gasteiger partial charge in [-0.25, -0.2) is 0 Å². The molecule has 1 fully saturated rings. The van der Waals surface area contributed by atoms with Gasteiger partial charge in [-0.2, -0.15) is 0 Å². The van der Waals surface area contributed by atoms with Crippen LogP contribution in [0.25, 0.3) is 0 Å². The Bertz CT molecular complexity index is 785. The summed E-state index contributed by atoms with van der Waals surface area (Å²) < 4.78 is 0. The van der Waals surface area contributed by atoms with Crippen LogP contribution in [-0.4, -0.2) is 35.8 Å². The molecular weight excluding hydrogens is 320 g/mol. The topological polar surface area (TPSA) is 40.6 Å². The Labute approximate surface area is 145 Å². The molecule has 0 N–H and O–H groups in total. The van der Waals surface area contributed by atoms with Crippen molar-refractivity contribution < 1.29 is 9.59 Å². The number of hydrogen-bond acceptors (Lipinski definition) is 3. The first-order chi connectivity index (χ1) is 11.6. The summed E-state index contributed by atoms with van der Waals surface area (Å²) in [7, 11) is 0. The summed E-state index contributed by atoms with van der Waals surface area (Å²) in [4.78, 5) is 29.6. The minimum Gasteiger partial charge on any atom is -0.324 e. The van der Waals surface area contributed by atoms with Crippen molar-refractivity contribution in [2.24, 2.45) is 0 Å². The molecule has 1 saturated heterocycles. The van der Waals surface area contributed by atoms with E-state index in [2.05, 4.69) is 12.1 Å². The SMILES string of the molecule is CC1C(=O)N(c2ccc3c(c2)CCC3)CCN1C(=O)c1cccs1. The third kappa shape index (κ3) is 2.53. The van der Waals surface area contributed by atoms with Crippen molar-refractivity contribution in [2.45, 2.75) is 32.2 Å². The van der Waals surface area contributed by atoms with Gasteiger partial charge in [0.05, 0.1) is 4.88 Å². The van der Waals surface area contributed by atoms with Gasteiger partial charge in [-0.1, -0.05) is 12.1 Å². The Balaban J connectivity index is 1.55. The van der Waals surface area contributed by atoms with Crippen LogP contribution in [0.4, 0.5) is 5.69 Å². The molecule has 124 valence electrons. The number of thiophene rings is 1. The maximum atomic E-state index is 12.8. The van der Waals surface area contributed by atoms with Crippen molar-refractivity contribution in [3.8, 4) is 0 Å². The van der Waals surface area contributed by atoms with Crippen molar-refractivity contribution in [1.29, 1.82) is 0 Å². The number of fused-ring (bicyclic) bond motifs is 1. The molecule has 4 nitrogen and oxygen atoms in total. The lowest BCUT2D eigenvalue weighted by molar-refractivity contribution is -0.124.